The van der Waals surface area contributed by atoms with E-state index in [-0.39, 0.29) is 17.5 Å². The summed E-state index contributed by atoms with van der Waals surface area (Å²) in [6.45, 7) is 3.13. The van der Waals surface area contributed by atoms with Crippen LogP contribution < -0.4 is 0 Å². The summed E-state index contributed by atoms with van der Waals surface area (Å²) in [6.07, 6.45) is 8.19. The SMILES string of the molecule is C[C@H]1C[C@H](Cn2ccc3cc(-c4cn[nH]c4)cnc32)CN1C(=O)c1cccc(F)c1F. The maximum absolute atomic E-state index is 14.1. The summed E-state index contributed by atoms with van der Waals surface area (Å²) in [5, 5.41) is 7.81. The Labute approximate surface area is 177 Å². The van der Waals surface area contributed by atoms with Gasteiger partial charge in [-0.05, 0) is 43.5 Å². The summed E-state index contributed by atoms with van der Waals surface area (Å²) in [5.74, 6) is -2.36. The van der Waals surface area contributed by atoms with Gasteiger partial charge in [-0.1, -0.05) is 6.07 Å². The molecule has 1 aliphatic rings. The molecular weight excluding hydrogens is 400 g/mol. The van der Waals surface area contributed by atoms with Crippen LogP contribution in [0.15, 0.2) is 55.1 Å². The van der Waals surface area contributed by atoms with Gasteiger partial charge in [-0.2, -0.15) is 5.10 Å². The van der Waals surface area contributed by atoms with Crippen LogP contribution in [-0.2, 0) is 6.54 Å². The Morgan fingerprint density at radius 1 is 1.23 bits per heavy atom. The van der Waals surface area contributed by atoms with E-state index in [2.05, 4.69) is 25.8 Å². The van der Waals surface area contributed by atoms with Crippen molar-refractivity contribution < 1.29 is 13.6 Å². The Hall–Kier alpha value is -3.55. The smallest absolute Gasteiger partial charge is 0.257 e. The zero-order valence-corrected chi connectivity index (χ0v) is 16.9. The molecule has 5 rings (SSSR count). The first-order valence-electron chi connectivity index (χ1n) is 10.2. The molecule has 4 aromatic rings. The lowest BCUT2D eigenvalue weighted by atomic mass is 10.1. The van der Waals surface area contributed by atoms with Crippen molar-refractivity contribution in [3.63, 3.8) is 0 Å². The van der Waals surface area contributed by atoms with E-state index in [1.54, 1.807) is 11.1 Å². The molecule has 8 heteroatoms. The monoisotopic (exact) mass is 421 g/mol. The minimum atomic E-state index is -1.09. The molecule has 6 nitrogen and oxygen atoms in total. The second kappa shape index (κ2) is 7.61. The lowest BCUT2D eigenvalue weighted by molar-refractivity contribution is 0.0736. The van der Waals surface area contributed by atoms with Gasteiger partial charge in [0.2, 0.25) is 0 Å². The Morgan fingerprint density at radius 2 is 2.10 bits per heavy atom. The molecule has 1 fully saturated rings. The van der Waals surface area contributed by atoms with Crippen LogP contribution in [0.1, 0.15) is 23.7 Å². The Kier molecular flexibility index (Phi) is 4.77. The molecule has 158 valence electrons. The minimum absolute atomic E-state index is 0.0531. The molecule has 0 spiro atoms. The number of likely N-dealkylation sites (tertiary alicyclic amines) is 1. The number of carbonyl (C=O) groups excluding carboxylic acids is 1. The molecule has 2 atom stereocenters. The molecule has 3 aromatic heterocycles. The minimum Gasteiger partial charge on any atom is -0.335 e. The van der Waals surface area contributed by atoms with Gasteiger partial charge in [0.25, 0.3) is 5.91 Å². The maximum atomic E-state index is 14.1. The molecule has 1 saturated heterocycles. The first kappa shape index (κ1) is 19.4. The number of amides is 1. The fourth-order valence-electron chi connectivity index (χ4n) is 4.45. The summed E-state index contributed by atoms with van der Waals surface area (Å²) < 4.78 is 29.7. The molecule has 0 radical (unpaired) electrons. The van der Waals surface area contributed by atoms with Crippen molar-refractivity contribution in [1.29, 1.82) is 0 Å². The summed E-state index contributed by atoms with van der Waals surface area (Å²) in [6, 6.07) is 7.76. The van der Waals surface area contributed by atoms with Gasteiger partial charge in [0.1, 0.15) is 5.65 Å². The Morgan fingerprint density at radius 3 is 2.90 bits per heavy atom. The van der Waals surface area contributed by atoms with Gasteiger partial charge in [0.15, 0.2) is 11.6 Å². The molecule has 4 heterocycles. The fourth-order valence-corrected chi connectivity index (χ4v) is 4.45. The first-order valence-corrected chi connectivity index (χ1v) is 10.2. The van der Waals surface area contributed by atoms with Crippen LogP contribution in [-0.4, -0.2) is 43.1 Å². The van der Waals surface area contributed by atoms with Crippen LogP contribution in [0.25, 0.3) is 22.2 Å². The number of nitrogens with zero attached hydrogens (tertiary/aromatic N) is 4. The number of halogens is 2. The molecule has 1 aromatic carbocycles. The third-order valence-corrected chi connectivity index (χ3v) is 5.99. The van der Waals surface area contributed by atoms with Crippen molar-refractivity contribution in [3.8, 4) is 11.1 Å². The van der Waals surface area contributed by atoms with Crippen molar-refractivity contribution in [1.82, 2.24) is 24.6 Å². The third-order valence-electron chi connectivity index (χ3n) is 5.99. The molecule has 1 aliphatic heterocycles. The van der Waals surface area contributed by atoms with Crippen molar-refractivity contribution in [2.45, 2.75) is 25.9 Å². The van der Waals surface area contributed by atoms with Crippen molar-refractivity contribution in [3.05, 3.63) is 72.3 Å². The van der Waals surface area contributed by atoms with E-state index in [0.29, 0.717) is 13.1 Å². The highest BCUT2D eigenvalue weighted by molar-refractivity contribution is 5.95. The van der Waals surface area contributed by atoms with Crippen LogP contribution >= 0.6 is 0 Å². The largest absolute Gasteiger partial charge is 0.335 e. The number of aromatic nitrogens is 4. The number of hydrogen-bond donors (Lipinski definition) is 1. The van der Waals surface area contributed by atoms with E-state index in [1.165, 1.54) is 12.1 Å². The molecule has 0 bridgehead atoms. The van der Waals surface area contributed by atoms with E-state index in [4.69, 9.17) is 0 Å². The van der Waals surface area contributed by atoms with Crippen molar-refractivity contribution >= 4 is 16.9 Å². The number of aromatic amines is 1. The van der Waals surface area contributed by atoms with Crippen molar-refractivity contribution in [2.75, 3.05) is 6.54 Å². The normalized spacial score (nSPS) is 18.7. The predicted molar refractivity (Wildman–Crippen MR) is 112 cm³/mol. The van der Waals surface area contributed by atoms with Crippen LogP contribution in [0, 0.1) is 17.6 Å². The zero-order valence-electron chi connectivity index (χ0n) is 16.9. The maximum Gasteiger partial charge on any atom is 0.257 e. The third kappa shape index (κ3) is 3.48. The fraction of sp³-hybridized carbons (Fsp3) is 0.261. The number of carbonyl (C=O) groups is 1. The second-order valence-electron chi connectivity index (χ2n) is 8.10. The summed E-state index contributed by atoms with van der Waals surface area (Å²) in [7, 11) is 0. The Bertz CT molecular complexity index is 1250. The molecule has 0 aliphatic carbocycles. The molecule has 1 N–H and O–H groups in total. The number of rotatable bonds is 4. The lowest BCUT2D eigenvalue weighted by Crippen LogP contribution is -2.34. The highest BCUT2D eigenvalue weighted by Gasteiger charge is 2.34. The standard InChI is InChI=1S/C23H21F2N5O/c1-14-7-15(13-30(14)23(31)19-3-2-4-20(24)21(19)25)12-29-6-5-16-8-17(9-26-22(16)29)18-10-27-28-11-18/h2-6,8-11,14-15H,7,12-13H2,1H3,(H,27,28)/t14-,15+/m0/s1. The van der Waals surface area contributed by atoms with Gasteiger partial charge in [0.05, 0.1) is 11.8 Å². The van der Waals surface area contributed by atoms with Crippen LogP contribution in [0.2, 0.25) is 0 Å². The molecule has 1 amide bonds. The van der Waals surface area contributed by atoms with Crippen LogP contribution in [0.4, 0.5) is 8.78 Å². The molecule has 31 heavy (non-hydrogen) atoms. The predicted octanol–water partition coefficient (Wildman–Crippen LogP) is 4.26. The van der Waals surface area contributed by atoms with E-state index >= 15 is 0 Å². The van der Waals surface area contributed by atoms with E-state index < -0.39 is 17.5 Å². The van der Waals surface area contributed by atoms with E-state index in [9.17, 15) is 13.6 Å². The van der Waals surface area contributed by atoms with Gasteiger partial charge in [0, 0.05) is 54.2 Å². The Balaban J connectivity index is 1.34. The van der Waals surface area contributed by atoms with Gasteiger partial charge in [-0.15, -0.1) is 0 Å². The van der Waals surface area contributed by atoms with Gasteiger partial charge in [-0.3, -0.25) is 9.89 Å². The van der Waals surface area contributed by atoms with Gasteiger partial charge in [-0.25, -0.2) is 13.8 Å². The number of pyridine rings is 1. The number of H-pyrrole nitrogens is 1. The highest BCUT2D eigenvalue weighted by Crippen LogP contribution is 2.29. The average Bonchev–Trinajstić information content (AvgIpc) is 3.50. The van der Waals surface area contributed by atoms with Gasteiger partial charge < -0.3 is 9.47 Å². The highest BCUT2D eigenvalue weighted by atomic mass is 19.2. The summed E-state index contributed by atoms with van der Waals surface area (Å²) in [4.78, 5) is 19.1. The van der Waals surface area contributed by atoms with Gasteiger partial charge >= 0.3 is 0 Å². The topological polar surface area (TPSA) is 66.8 Å². The summed E-state index contributed by atoms with van der Waals surface area (Å²) in [5.41, 5.74) is 2.63. The number of nitrogens with one attached hydrogen (secondary N) is 1. The first-order chi connectivity index (χ1) is 15.0. The number of benzene rings is 1. The summed E-state index contributed by atoms with van der Waals surface area (Å²) >= 11 is 0. The number of hydrogen-bond acceptors (Lipinski definition) is 3. The van der Waals surface area contributed by atoms with Crippen molar-refractivity contribution in [2.24, 2.45) is 5.92 Å². The van der Waals surface area contributed by atoms with Crippen LogP contribution in [0.3, 0.4) is 0 Å². The number of fused-ring (bicyclic) bond motifs is 1. The average molecular weight is 421 g/mol. The van der Waals surface area contributed by atoms with E-state index in [1.807, 2.05) is 31.6 Å². The molecule has 0 unspecified atom stereocenters. The van der Waals surface area contributed by atoms with E-state index in [0.717, 1.165) is 34.6 Å². The molecular formula is C23H21F2N5O. The van der Waals surface area contributed by atoms with Crippen LogP contribution in [0.5, 0.6) is 0 Å². The quantitative estimate of drug-likeness (QED) is 0.536. The zero-order chi connectivity index (χ0) is 21.5. The second-order valence-corrected chi connectivity index (χ2v) is 8.10. The lowest BCUT2D eigenvalue weighted by Gasteiger charge is -2.22. The molecule has 0 saturated carbocycles.